The number of anilines is 1. The van der Waals surface area contributed by atoms with E-state index in [9.17, 15) is 13.2 Å². The fourth-order valence-electron chi connectivity index (χ4n) is 3.99. The molecule has 0 aliphatic heterocycles. The zero-order chi connectivity index (χ0) is 24.7. The molecule has 1 N–H and O–H groups in total. The van der Waals surface area contributed by atoms with Gasteiger partial charge in [-0.2, -0.15) is 0 Å². The highest BCUT2D eigenvalue weighted by Gasteiger charge is 2.29. The van der Waals surface area contributed by atoms with E-state index in [4.69, 9.17) is 0 Å². The second-order valence-electron chi connectivity index (χ2n) is 8.17. The Bertz CT molecular complexity index is 1360. The Morgan fingerprint density at radius 3 is 1.94 bits per heavy atom. The number of nitrogens with one attached hydrogen (secondary N) is 1. The van der Waals surface area contributed by atoms with Crippen molar-refractivity contribution in [3.8, 4) is 0 Å². The molecule has 178 valence electrons. The summed E-state index contributed by atoms with van der Waals surface area (Å²) in [6.45, 7) is 2.10. The van der Waals surface area contributed by atoms with Crippen molar-refractivity contribution in [2.45, 2.75) is 30.8 Å². The first-order chi connectivity index (χ1) is 17.0. The number of amides is 1. The van der Waals surface area contributed by atoms with Gasteiger partial charge in [-0.3, -0.25) is 9.10 Å². The van der Waals surface area contributed by atoms with E-state index in [-0.39, 0.29) is 23.4 Å². The van der Waals surface area contributed by atoms with Crippen LogP contribution >= 0.6 is 0 Å². The lowest BCUT2D eigenvalue weighted by Gasteiger charge is -2.27. The number of para-hydroxylation sites is 1. The van der Waals surface area contributed by atoms with E-state index in [0.717, 1.165) is 11.1 Å². The molecule has 4 rings (SSSR count). The summed E-state index contributed by atoms with van der Waals surface area (Å²) >= 11 is 0. The quantitative estimate of drug-likeness (QED) is 0.319. The van der Waals surface area contributed by atoms with Crippen molar-refractivity contribution in [2.75, 3.05) is 4.31 Å². The average Bonchev–Trinajstić information content (AvgIpc) is 2.91. The van der Waals surface area contributed by atoms with Gasteiger partial charge in [-0.25, -0.2) is 8.42 Å². The Morgan fingerprint density at radius 2 is 1.31 bits per heavy atom. The molecule has 0 fully saturated rings. The van der Waals surface area contributed by atoms with Gasteiger partial charge in [0.25, 0.3) is 15.9 Å². The SMILES string of the molecule is CC[C@@H](NC(=O)c1ccccc1N(Cc1ccccc1)S(=O)(=O)c1ccccc1)c1ccccc1. The van der Waals surface area contributed by atoms with E-state index < -0.39 is 10.0 Å². The molecule has 5 nitrogen and oxygen atoms in total. The number of rotatable bonds is 9. The number of carbonyl (C=O) groups excluding carboxylic acids is 1. The number of nitrogens with zero attached hydrogens (tertiary/aromatic N) is 1. The minimum atomic E-state index is -3.94. The van der Waals surface area contributed by atoms with E-state index in [1.54, 1.807) is 54.6 Å². The maximum absolute atomic E-state index is 13.8. The zero-order valence-electron chi connectivity index (χ0n) is 19.5. The van der Waals surface area contributed by atoms with Crippen LogP contribution in [0, 0.1) is 0 Å². The van der Waals surface area contributed by atoms with Crippen molar-refractivity contribution >= 4 is 21.6 Å². The predicted octanol–water partition coefficient (Wildman–Crippen LogP) is 5.96. The highest BCUT2D eigenvalue weighted by Crippen LogP contribution is 2.30. The molecule has 0 saturated heterocycles. The summed E-state index contributed by atoms with van der Waals surface area (Å²) in [5, 5.41) is 3.09. The third-order valence-corrected chi connectivity index (χ3v) is 7.61. The summed E-state index contributed by atoms with van der Waals surface area (Å²) in [5.41, 5.74) is 2.45. The van der Waals surface area contributed by atoms with Crippen molar-refractivity contribution in [1.82, 2.24) is 5.32 Å². The Labute approximate surface area is 207 Å². The standard InChI is InChI=1S/C29H28N2O3S/c1-2-27(24-16-8-4-9-17-24)30-29(32)26-20-12-13-21-28(26)31(22-23-14-6-3-7-15-23)35(33,34)25-18-10-5-11-19-25/h3-21,27H,2,22H2,1H3,(H,30,32)/t27-/m1/s1. The molecule has 35 heavy (non-hydrogen) atoms. The van der Waals surface area contributed by atoms with Crippen molar-refractivity contribution < 1.29 is 13.2 Å². The van der Waals surface area contributed by atoms with Gasteiger partial charge in [-0.15, -0.1) is 0 Å². The normalized spacial score (nSPS) is 12.0. The molecule has 0 aromatic heterocycles. The topological polar surface area (TPSA) is 66.5 Å². The summed E-state index contributed by atoms with van der Waals surface area (Å²) in [5.74, 6) is -0.322. The average molecular weight is 485 g/mol. The third-order valence-electron chi connectivity index (χ3n) is 5.83. The zero-order valence-corrected chi connectivity index (χ0v) is 20.4. The molecule has 0 aliphatic rings. The summed E-state index contributed by atoms with van der Waals surface area (Å²) in [6.07, 6.45) is 0.702. The number of hydrogen-bond acceptors (Lipinski definition) is 3. The van der Waals surface area contributed by atoms with Gasteiger partial charge in [-0.1, -0.05) is 97.9 Å². The van der Waals surface area contributed by atoms with Gasteiger partial charge in [-0.05, 0) is 41.8 Å². The summed E-state index contributed by atoms with van der Waals surface area (Å²) in [4.78, 5) is 13.7. The second-order valence-corrected chi connectivity index (χ2v) is 10.0. The number of benzene rings is 4. The molecule has 1 amide bonds. The fourth-order valence-corrected chi connectivity index (χ4v) is 5.49. The Hall–Kier alpha value is -3.90. The molecule has 6 heteroatoms. The van der Waals surface area contributed by atoms with Crippen molar-refractivity contribution in [1.29, 1.82) is 0 Å². The van der Waals surface area contributed by atoms with E-state index in [1.807, 2.05) is 67.6 Å². The van der Waals surface area contributed by atoms with Crippen LogP contribution in [0.15, 0.2) is 120 Å². The molecular formula is C29H28N2O3S. The highest BCUT2D eigenvalue weighted by atomic mass is 32.2. The lowest BCUT2D eigenvalue weighted by atomic mass is 10.0. The third kappa shape index (κ3) is 5.61. The molecule has 4 aromatic carbocycles. The highest BCUT2D eigenvalue weighted by molar-refractivity contribution is 7.92. The van der Waals surface area contributed by atoms with E-state index in [2.05, 4.69) is 5.32 Å². The molecule has 0 unspecified atom stereocenters. The first-order valence-corrected chi connectivity index (χ1v) is 13.0. The molecule has 4 aromatic rings. The minimum Gasteiger partial charge on any atom is -0.345 e. The van der Waals surface area contributed by atoms with Crippen LogP contribution in [0.4, 0.5) is 5.69 Å². The first kappa shape index (κ1) is 24.2. The molecule has 0 aliphatic carbocycles. The lowest BCUT2D eigenvalue weighted by molar-refractivity contribution is 0.0936. The van der Waals surface area contributed by atoms with Crippen molar-refractivity contribution in [3.05, 3.63) is 132 Å². The van der Waals surface area contributed by atoms with Crippen LogP contribution in [0.5, 0.6) is 0 Å². The van der Waals surface area contributed by atoms with Gasteiger partial charge in [0.2, 0.25) is 0 Å². The summed E-state index contributed by atoms with van der Waals surface area (Å²) < 4.78 is 28.9. The fraction of sp³-hybridized carbons (Fsp3) is 0.138. The molecule has 1 atom stereocenters. The van der Waals surface area contributed by atoms with Crippen molar-refractivity contribution in [3.63, 3.8) is 0 Å². The van der Waals surface area contributed by atoms with Crippen LogP contribution in [0.3, 0.4) is 0 Å². The van der Waals surface area contributed by atoms with E-state index in [1.165, 1.54) is 4.31 Å². The van der Waals surface area contributed by atoms with Gasteiger partial charge in [0, 0.05) is 0 Å². The molecule has 0 bridgehead atoms. The molecule has 0 heterocycles. The van der Waals surface area contributed by atoms with Crippen LogP contribution in [0.25, 0.3) is 0 Å². The summed E-state index contributed by atoms with van der Waals surface area (Å²) in [6, 6.07) is 34.1. The predicted molar refractivity (Wildman–Crippen MR) is 140 cm³/mol. The lowest BCUT2D eigenvalue weighted by Crippen LogP contribution is -2.34. The van der Waals surface area contributed by atoms with Crippen molar-refractivity contribution in [2.24, 2.45) is 0 Å². The largest absolute Gasteiger partial charge is 0.345 e. The Morgan fingerprint density at radius 1 is 0.771 bits per heavy atom. The van der Waals surface area contributed by atoms with Crippen LogP contribution in [-0.4, -0.2) is 14.3 Å². The monoisotopic (exact) mass is 484 g/mol. The molecular weight excluding hydrogens is 456 g/mol. The minimum absolute atomic E-state index is 0.0955. The number of sulfonamides is 1. The van der Waals surface area contributed by atoms with Gasteiger partial charge in [0.1, 0.15) is 0 Å². The maximum Gasteiger partial charge on any atom is 0.264 e. The Kier molecular flexibility index (Phi) is 7.63. The van der Waals surface area contributed by atoms with Crippen LogP contribution < -0.4 is 9.62 Å². The maximum atomic E-state index is 13.8. The van der Waals surface area contributed by atoms with Crippen LogP contribution in [0.2, 0.25) is 0 Å². The molecule has 0 spiro atoms. The second kappa shape index (κ2) is 11.0. The van der Waals surface area contributed by atoms with Gasteiger partial charge in [0.15, 0.2) is 0 Å². The molecule has 0 radical (unpaired) electrons. The van der Waals surface area contributed by atoms with Crippen LogP contribution in [0.1, 0.15) is 40.9 Å². The Balaban J connectivity index is 1.75. The van der Waals surface area contributed by atoms with E-state index >= 15 is 0 Å². The molecule has 0 saturated carbocycles. The number of hydrogen-bond donors (Lipinski definition) is 1. The summed E-state index contributed by atoms with van der Waals surface area (Å²) in [7, 11) is -3.94. The first-order valence-electron chi connectivity index (χ1n) is 11.6. The van der Waals surface area contributed by atoms with Gasteiger partial charge >= 0.3 is 0 Å². The van der Waals surface area contributed by atoms with Gasteiger partial charge < -0.3 is 5.32 Å². The smallest absolute Gasteiger partial charge is 0.264 e. The van der Waals surface area contributed by atoms with Crippen LogP contribution in [-0.2, 0) is 16.6 Å². The number of carbonyl (C=O) groups is 1. The van der Waals surface area contributed by atoms with Gasteiger partial charge in [0.05, 0.1) is 28.7 Å². The van der Waals surface area contributed by atoms with E-state index in [0.29, 0.717) is 17.7 Å².